The third-order valence-corrected chi connectivity index (χ3v) is 4.50. The second kappa shape index (κ2) is 5.66. The van der Waals surface area contributed by atoms with Crippen LogP contribution in [-0.4, -0.2) is 9.97 Å². The lowest BCUT2D eigenvalue weighted by Gasteiger charge is -2.19. The highest BCUT2D eigenvalue weighted by Gasteiger charge is 2.17. The Morgan fingerprint density at radius 1 is 0.962 bits per heavy atom. The third kappa shape index (κ3) is 2.62. The Balaban J connectivity index is 1.97. The maximum Gasteiger partial charge on any atom is 0.349 e. The van der Waals surface area contributed by atoms with Gasteiger partial charge in [-0.05, 0) is 23.1 Å². The number of benzene rings is 2. The molecule has 4 aromatic rings. The maximum atomic E-state index is 12.3. The Morgan fingerprint density at radius 3 is 2.35 bits per heavy atom. The lowest BCUT2D eigenvalue weighted by Crippen LogP contribution is -2.10. The molecule has 0 saturated heterocycles. The van der Waals surface area contributed by atoms with Crippen molar-refractivity contribution in [3.63, 3.8) is 0 Å². The summed E-state index contributed by atoms with van der Waals surface area (Å²) in [7, 11) is 0. The minimum absolute atomic E-state index is 0.0664. The second-order valence-corrected chi connectivity index (χ2v) is 7.37. The first-order valence-corrected chi connectivity index (χ1v) is 8.44. The molecule has 4 rings (SSSR count). The largest absolute Gasteiger partial charge is 0.422 e. The van der Waals surface area contributed by atoms with Crippen molar-refractivity contribution >= 4 is 27.7 Å². The lowest BCUT2D eigenvalue weighted by atomic mass is 9.87. The molecule has 5 nitrogen and oxygen atoms in total. The third-order valence-electron chi connectivity index (χ3n) is 4.50. The van der Waals surface area contributed by atoms with E-state index in [1.165, 1.54) is 5.56 Å². The molecular weight excluding hydrogens is 326 g/mol. The van der Waals surface area contributed by atoms with E-state index in [0.717, 1.165) is 10.9 Å². The normalized spacial score (nSPS) is 12.0. The molecule has 130 valence electrons. The molecular formula is C21H19N3O2. The molecule has 0 saturated carbocycles. The number of anilines is 1. The van der Waals surface area contributed by atoms with Crippen LogP contribution < -0.4 is 11.4 Å². The van der Waals surface area contributed by atoms with Crippen molar-refractivity contribution in [3.8, 4) is 11.4 Å². The van der Waals surface area contributed by atoms with Gasteiger partial charge in [0.1, 0.15) is 16.8 Å². The van der Waals surface area contributed by atoms with Gasteiger partial charge in [-0.2, -0.15) is 0 Å². The minimum atomic E-state index is -0.522. The molecule has 0 aliphatic carbocycles. The van der Waals surface area contributed by atoms with Crippen molar-refractivity contribution < 1.29 is 4.42 Å². The molecule has 0 spiro atoms. The van der Waals surface area contributed by atoms with Gasteiger partial charge in [0.2, 0.25) is 0 Å². The molecule has 0 amide bonds. The first-order chi connectivity index (χ1) is 12.3. The van der Waals surface area contributed by atoms with Gasteiger partial charge < -0.3 is 10.2 Å². The SMILES string of the molecule is CC(C)(C)c1ccc(-c2nc(N)c3c(=O)oc4ccccc4c3n2)cc1. The van der Waals surface area contributed by atoms with Gasteiger partial charge in [-0.1, -0.05) is 57.2 Å². The fraction of sp³-hybridized carbons (Fsp3) is 0.190. The molecule has 2 heterocycles. The predicted octanol–water partition coefficient (Wildman–Crippen LogP) is 4.28. The summed E-state index contributed by atoms with van der Waals surface area (Å²) in [4.78, 5) is 21.3. The smallest absolute Gasteiger partial charge is 0.349 e. The molecule has 5 heteroatoms. The summed E-state index contributed by atoms with van der Waals surface area (Å²) in [6.07, 6.45) is 0. The van der Waals surface area contributed by atoms with E-state index in [1.54, 1.807) is 6.07 Å². The number of nitrogen functional groups attached to an aromatic ring is 1. The summed E-state index contributed by atoms with van der Waals surface area (Å²) in [5.74, 6) is 0.621. The molecule has 0 aliphatic heterocycles. The van der Waals surface area contributed by atoms with Gasteiger partial charge in [-0.25, -0.2) is 14.8 Å². The number of nitrogens with two attached hydrogens (primary N) is 1. The van der Waals surface area contributed by atoms with Crippen LogP contribution in [0.4, 0.5) is 5.82 Å². The number of fused-ring (bicyclic) bond motifs is 3. The van der Waals surface area contributed by atoms with Crippen LogP contribution in [0.15, 0.2) is 57.7 Å². The molecule has 0 aliphatic rings. The van der Waals surface area contributed by atoms with Gasteiger partial charge in [0.05, 0.1) is 5.52 Å². The average Bonchev–Trinajstić information content (AvgIpc) is 2.60. The molecule has 0 unspecified atom stereocenters. The summed E-state index contributed by atoms with van der Waals surface area (Å²) < 4.78 is 5.34. The molecule has 26 heavy (non-hydrogen) atoms. The van der Waals surface area contributed by atoms with Crippen molar-refractivity contribution in [1.82, 2.24) is 9.97 Å². The van der Waals surface area contributed by atoms with Crippen molar-refractivity contribution in [3.05, 3.63) is 64.5 Å². The molecule has 2 N–H and O–H groups in total. The molecule has 0 fully saturated rings. The highest BCUT2D eigenvalue weighted by atomic mass is 16.4. The van der Waals surface area contributed by atoms with Gasteiger partial charge in [-0.3, -0.25) is 0 Å². The summed E-state index contributed by atoms with van der Waals surface area (Å²) >= 11 is 0. The van der Waals surface area contributed by atoms with Crippen LogP contribution in [0.1, 0.15) is 26.3 Å². The molecule has 2 aromatic heterocycles. The minimum Gasteiger partial charge on any atom is -0.422 e. The lowest BCUT2D eigenvalue weighted by molar-refractivity contribution is 0.569. The Kier molecular flexibility index (Phi) is 3.54. The Bertz CT molecular complexity index is 1190. The van der Waals surface area contributed by atoms with Crippen LogP contribution in [0.3, 0.4) is 0 Å². The number of hydrogen-bond donors (Lipinski definition) is 1. The number of nitrogens with zero attached hydrogens (tertiary/aromatic N) is 2. The average molecular weight is 345 g/mol. The van der Waals surface area contributed by atoms with E-state index in [-0.39, 0.29) is 16.6 Å². The number of rotatable bonds is 1. The maximum absolute atomic E-state index is 12.3. The van der Waals surface area contributed by atoms with Gasteiger partial charge in [0.15, 0.2) is 5.82 Å². The monoisotopic (exact) mass is 345 g/mol. The first-order valence-electron chi connectivity index (χ1n) is 8.44. The number of para-hydroxylation sites is 1. The van der Waals surface area contributed by atoms with Gasteiger partial charge in [0, 0.05) is 10.9 Å². The van der Waals surface area contributed by atoms with Gasteiger partial charge in [0.25, 0.3) is 0 Å². The van der Waals surface area contributed by atoms with Gasteiger partial charge in [-0.15, -0.1) is 0 Å². The Labute approximate surface area is 150 Å². The van der Waals surface area contributed by atoms with Crippen molar-refractivity contribution in [1.29, 1.82) is 0 Å². The highest BCUT2D eigenvalue weighted by molar-refractivity contribution is 6.05. The van der Waals surface area contributed by atoms with E-state index in [9.17, 15) is 4.79 Å². The van der Waals surface area contributed by atoms with Crippen molar-refractivity contribution in [2.45, 2.75) is 26.2 Å². The standard InChI is InChI=1S/C21H19N3O2/c1-21(2,3)13-10-8-12(9-11-13)19-23-17-14-6-4-5-7-15(14)26-20(25)16(17)18(22)24-19/h4-11H,1-3H3,(H2,22,23,24). The van der Waals surface area contributed by atoms with E-state index in [2.05, 4.69) is 42.9 Å². The van der Waals surface area contributed by atoms with Crippen LogP contribution in [0.2, 0.25) is 0 Å². The summed E-state index contributed by atoms with van der Waals surface area (Å²) in [6, 6.07) is 15.4. The van der Waals surface area contributed by atoms with Crippen molar-refractivity contribution in [2.75, 3.05) is 5.73 Å². The quantitative estimate of drug-likeness (QED) is 0.411. The van der Waals surface area contributed by atoms with E-state index in [0.29, 0.717) is 16.9 Å². The Hall–Kier alpha value is -3.21. The fourth-order valence-corrected chi connectivity index (χ4v) is 3.02. The van der Waals surface area contributed by atoms with E-state index in [4.69, 9.17) is 10.2 Å². The molecule has 0 radical (unpaired) electrons. The predicted molar refractivity (Wildman–Crippen MR) is 104 cm³/mol. The van der Waals surface area contributed by atoms with E-state index < -0.39 is 5.63 Å². The van der Waals surface area contributed by atoms with Crippen LogP contribution in [0, 0.1) is 0 Å². The first kappa shape index (κ1) is 16.3. The number of hydrogen-bond acceptors (Lipinski definition) is 5. The zero-order chi connectivity index (χ0) is 18.5. The zero-order valence-corrected chi connectivity index (χ0v) is 14.9. The summed E-state index contributed by atoms with van der Waals surface area (Å²) in [6.45, 7) is 6.49. The summed E-state index contributed by atoms with van der Waals surface area (Å²) in [5.41, 5.74) is 8.69. The van der Waals surface area contributed by atoms with Crippen LogP contribution in [0.25, 0.3) is 33.3 Å². The molecule has 0 bridgehead atoms. The zero-order valence-electron chi connectivity index (χ0n) is 14.9. The van der Waals surface area contributed by atoms with E-state index in [1.807, 2.05) is 30.3 Å². The molecule has 0 atom stereocenters. The molecule has 2 aromatic carbocycles. The van der Waals surface area contributed by atoms with E-state index >= 15 is 0 Å². The Morgan fingerprint density at radius 2 is 1.65 bits per heavy atom. The van der Waals surface area contributed by atoms with Gasteiger partial charge >= 0.3 is 5.63 Å². The summed E-state index contributed by atoms with van der Waals surface area (Å²) in [5, 5.41) is 0.961. The highest BCUT2D eigenvalue weighted by Crippen LogP contribution is 2.28. The number of aromatic nitrogens is 2. The van der Waals surface area contributed by atoms with Crippen molar-refractivity contribution in [2.24, 2.45) is 0 Å². The second-order valence-electron chi connectivity index (χ2n) is 7.37. The topological polar surface area (TPSA) is 82.0 Å². The van der Waals surface area contributed by atoms with Crippen LogP contribution in [0.5, 0.6) is 0 Å². The van der Waals surface area contributed by atoms with Crippen LogP contribution in [-0.2, 0) is 5.41 Å². The van der Waals surface area contributed by atoms with Crippen LogP contribution >= 0.6 is 0 Å². The fourth-order valence-electron chi connectivity index (χ4n) is 3.02.